The van der Waals surface area contributed by atoms with E-state index in [1.54, 1.807) is 11.3 Å². The second-order valence-corrected chi connectivity index (χ2v) is 8.70. The van der Waals surface area contributed by atoms with Crippen molar-refractivity contribution in [2.45, 2.75) is 19.9 Å². The maximum Gasteiger partial charge on any atom is 0.302 e. The van der Waals surface area contributed by atoms with Gasteiger partial charge < -0.3 is 9.30 Å². The predicted molar refractivity (Wildman–Crippen MR) is 116 cm³/mol. The van der Waals surface area contributed by atoms with Crippen LogP contribution in [0.25, 0.3) is 21.0 Å². The lowest BCUT2D eigenvalue weighted by molar-refractivity contribution is -0.140. The fourth-order valence-electron chi connectivity index (χ4n) is 3.34. The molecule has 2 aromatic heterocycles. The van der Waals surface area contributed by atoms with Crippen LogP contribution in [0.4, 0.5) is 0 Å². The van der Waals surface area contributed by atoms with E-state index in [4.69, 9.17) is 16.3 Å². The number of carbonyl (C=O) groups is 1. The molecule has 0 atom stereocenters. The molecule has 6 heteroatoms. The first-order chi connectivity index (χ1) is 13.0. The van der Waals surface area contributed by atoms with E-state index < -0.39 is 0 Å². The zero-order valence-corrected chi connectivity index (χ0v) is 17.8. The summed E-state index contributed by atoms with van der Waals surface area (Å²) in [4.78, 5) is 11.1. The summed E-state index contributed by atoms with van der Waals surface area (Å²) in [5.41, 5.74) is 3.58. The molecule has 0 fully saturated rings. The van der Waals surface area contributed by atoms with Crippen molar-refractivity contribution in [2.24, 2.45) is 0 Å². The number of thiophene rings is 1. The van der Waals surface area contributed by atoms with Crippen LogP contribution < -0.4 is 0 Å². The molecule has 138 valence electrons. The predicted octanol–water partition coefficient (Wildman–Crippen LogP) is 6.43. The van der Waals surface area contributed by atoms with Gasteiger partial charge >= 0.3 is 5.97 Å². The van der Waals surface area contributed by atoms with Crippen LogP contribution in [0.1, 0.15) is 18.1 Å². The van der Waals surface area contributed by atoms with Crippen LogP contribution in [0.2, 0.25) is 5.02 Å². The van der Waals surface area contributed by atoms with Gasteiger partial charge in [-0.2, -0.15) is 0 Å². The molecular weight excluding hydrogens is 446 g/mol. The SMILES string of the molecule is CC(=O)OCCc1cn(Cc2csc3ccc(Cl)cc23)c2cc(Br)ccc12. The van der Waals surface area contributed by atoms with Gasteiger partial charge in [0.25, 0.3) is 0 Å². The molecule has 2 aromatic carbocycles. The monoisotopic (exact) mass is 461 g/mol. The number of benzene rings is 2. The van der Waals surface area contributed by atoms with Crippen LogP contribution in [-0.4, -0.2) is 17.1 Å². The highest BCUT2D eigenvalue weighted by Gasteiger charge is 2.12. The minimum Gasteiger partial charge on any atom is -0.466 e. The minimum absolute atomic E-state index is 0.247. The Hall–Kier alpha value is -1.82. The number of esters is 1. The summed E-state index contributed by atoms with van der Waals surface area (Å²) < 4.78 is 9.67. The number of aromatic nitrogens is 1. The molecule has 4 aromatic rings. The van der Waals surface area contributed by atoms with Crippen LogP contribution in [-0.2, 0) is 22.5 Å². The van der Waals surface area contributed by atoms with E-state index in [0.29, 0.717) is 13.0 Å². The summed E-state index contributed by atoms with van der Waals surface area (Å²) in [6, 6.07) is 12.3. The summed E-state index contributed by atoms with van der Waals surface area (Å²) in [6.45, 7) is 2.59. The van der Waals surface area contributed by atoms with Crippen molar-refractivity contribution in [1.29, 1.82) is 0 Å². The van der Waals surface area contributed by atoms with Crippen LogP contribution in [0.3, 0.4) is 0 Å². The molecule has 4 rings (SSSR count). The topological polar surface area (TPSA) is 31.2 Å². The number of carbonyl (C=O) groups excluding carboxylic acids is 1. The summed E-state index contributed by atoms with van der Waals surface area (Å²) in [5, 5.41) is 5.33. The first kappa shape index (κ1) is 18.5. The van der Waals surface area contributed by atoms with E-state index in [0.717, 1.165) is 21.6 Å². The fraction of sp³-hybridized carbons (Fsp3) is 0.190. The lowest BCUT2D eigenvalue weighted by Gasteiger charge is -2.05. The molecule has 0 saturated heterocycles. The van der Waals surface area contributed by atoms with Crippen molar-refractivity contribution in [3.63, 3.8) is 0 Å². The van der Waals surface area contributed by atoms with E-state index in [-0.39, 0.29) is 5.97 Å². The maximum atomic E-state index is 11.1. The Kier molecular flexibility index (Phi) is 5.26. The van der Waals surface area contributed by atoms with Crippen molar-refractivity contribution in [1.82, 2.24) is 4.57 Å². The smallest absolute Gasteiger partial charge is 0.302 e. The molecule has 2 heterocycles. The van der Waals surface area contributed by atoms with Gasteiger partial charge in [-0.15, -0.1) is 11.3 Å². The quantitative estimate of drug-likeness (QED) is 0.320. The van der Waals surface area contributed by atoms with Gasteiger partial charge in [0.1, 0.15) is 0 Å². The molecule has 27 heavy (non-hydrogen) atoms. The average molecular weight is 463 g/mol. The third-order valence-corrected chi connectivity index (χ3v) is 6.30. The number of halogens is 2. The summed E-state index contributed by atoms with van der Waals surface area (Å²) in [5.74, 6) is -0.247. The van der Waals surface area contributed by atoms with Crippen molar-refractivity contribution in [2.75, 3.05) is 6.61 Å². The van der Waals surface area contributed by atoms with Crippen LogP contribution >= 0.6 is 38.9 Å². The summed E-state index contributed by atoms with van der Waals surface area (Å²) in [6.07, 6.45) is 2.86. The zero-order valence-electron chi connectivity index (χ0n) is 14.7. The van der Waals surface area contributed by atoms with Gasteiger partial charge in [-0.3, -0.25) is 4.79 Å². The Labute approximate surface area is 174 Å². The second-order valence-electron chi connectivity index (χ2n) is 6.44. The minimum atomic E-state index is -0.247. The number of hydrogen-bond donors (Lipinski definition) is 0. The van der Waals surface area contributed by atoms with E-state index in [1.165, 1.54) is 33.5 Å². The molecule has 0 aliphatic rings. The van der Waals surface area contributed by atoms with E-state index in [1.807, 2.05) is 18.2 Å². The Morgan fingerprint density at radius 1 is 1.19 bits per heavy atom. The molecule has 0 amide bonds. The third kappa shape index (κ3) is 3.91. The summed E-state index contributed by atoms with van der Waals surface area (Å²) >= 11 is 11.5. The van der Waals surface area contributed by atoms with Crippen molar-refractivity contribution >= 4 is 65.8 Å². The van der Waals surface area contributed by atoms with Crippen LogP contribution in [0.5, 0.6) is 0 Å². The lowest BCUT2D eigenvalue weighted by Crippen LogP contribution is -2.03. The van der Waals surface area contributed by atoms with Gasteiger partial charge in [0.2, 0.25) is 0 Å². The number of nitrogens with zero attached hydrogens (tertiary/aromatic N) is 1. The molecule has 0 aliphatic carbocycles. The molecule has 0 radical (unpaired) electrons. The first-order valence-electron chi connectivity index (χ1n) is 8.57. The van der Waals surface area contributed by atoms with Crippen molar-refractivity contribution in [3.05, 3.63) is 68.6 Å². The molecule has 0 N–H and O–H groups in total. The molecule has 0 saturated carbocycles. The van der Waals surface area contributed by atoms with E-state index in [9.17, 15) is 4.79 Å². The van der Waals surface area contributed by atoms with E-state index in [2.05, 4.69) is 50.3 Å². The second kappa shape index (κ2) is 7.66. The number of rotatable bonds is 5. The van der Waals surface area contributed by atoms with Gasteiger partial charge in [0, 0.05) is 51.2 Å². The molecule has 0 unspecified atom stereocenters. The van der Waals surface area contributed by atoms with Crippen LogP contribution in [0, 0.1) is 0 Å². The molecule has 0 aliphatic heterocycles. The lowest BCUT2D eigenvalue weighted by atomic mass is 10.1. The van der Waals surface area contributed by atoms with Gasteiger partial charge in [-0.25, -0.2) is 0 Å². The normalized spacial score (nSPS) is 11.4. The standard InChI is InChI=1S/C21H17BrClNO2S/c1-13(25)26-7-6-14-10-24(20-8-16(22)2-4-18(14)20)11-15-12-27-21-5-3-17(23)9-19(15)21/h2-5,8-10,12H,6-7,11H2,1H3. The highest BCUT2D eigenvalue weighted by molar-refractivity contribution is 9.10. The maximum absolute atomic E-state index is 11.1. The molecule has 0 spiro atoms. The highest BCUT2D eigenvalue weighted by atomic mass is 79.9. The van der Waals surface area contributed by atoms with Crippen LogP contribution in [0.15, 0.2) is 52.4 Å². The number of ether oxygens (including phenoxy) is 1. The van der Waals surface area contributed by atoms with Gasteiger partial charge in [-0.1, -0.05) is 33.6 Å². The van der Waals surface area contributed by atoms with E-state index >= 15 is 0 Å². The summed E-state index contributed by atoms with van der Waals surface area (Å²) in [7, 11) is 0. The first-order valence-corrected chi connectivity index (χ1v) is 10.6. The zero-order chi connectivity index (χ0) is 19.0. The fourth-order valence-corrected chi connectivity index (χ4v) is 4.79. The largest absolute Gasteiger partial charge is 0.466 e. The van der Waals surface area contributed by atoms with Crippen molar-refractivity contribution < 1.29 is 9.53 Å². The molecular formula is C21H17BrClNO2S. The Morgan fingerprint density at radius 2 is 2.04 bits per heavy atom. The number of fused-ring (bicyclic) bond motifs is 2. The van der Waals surface area contributed by atoms with Gasteiger partial charge in [0.15, 0.2) is 0 Å². The third-order valence-electron chi connectivity index (χ3n) is 4.56. The highest BCUT2D eigenvalue weighted by Crippen LogP contribution is 2.31. The molecule has 3 nitrogen and oxygen atoms in total. The number of hydrogen-bond acceptors (Lipinski definition) is 3. The van der Waals surface area contributed by atoms with Gasteiger partial charge in [-0.05, 0) is 52.2 Å². The van der Waals surface area contributed by atoms with Crippen molar-refractivity contribution in [3.8, 4) is 0 Å². The average Bonchev–Trinajstić information content (AvgIpc) is 3.16. The molecule has 0 bridgehead atoms. The Bertz CT molecular complexity index is 1150. The van der Waals surface area contributed by atoms with Gasteiger partial charge in [0.05, 0.1) is 6.61 Å². The Morgan fingerprint density at radius 3 is 2.85 bits per heavy atom. The Balaban J connectivity index is 1.72.